The van der Waals surface area contributed by atoms with Gasteiger partial charge in [0.1, 0.15) is 11.9 Å². The Bertz CT molecular complexity index is 569. The minimum atomic E-state index is -0.566. The van der Waals surface area contributed by atoms with E-state index in [1.54, 1.807) is 11.0 Å². The monoisotopic (exact) mass is 291 g/mol. The molecule has 5 nitrogen and oxygen atoms in total. The van der Waals surface area contributed by atoms with Gasteiger partial charge in [0.2, 0.25) is 5.91 Å². The Kier molecular flexibility index (Phi) is 4.76. The largest absolute Gasteiger partial charge is 0.377 e. The number of anilines is 1. The van der Waals surface area contributed by atoms with Gasteiger partial charge in [0.25, 0.3) is 0 Å². The van der Waals surface area contributed by atoms with E-state index < -0.39 is 11.9 Å². The number of amides is 1. The topological polar surface area (TPSA) is 65.4 Å². The summed E-state index contributed by atoms with van der Waals surface area (Å²) in [5.41, 5.74) is 0.578. The van der Waals surface area contributed by atoms with E-state index in [0.29, 0.717) is 18.8 Å². The first kappa shape index (κ1) is 15.3. The van der Waals surface area contributed by atoms with Crippen LogP contribution in [0.5, 0.6) is 0 Å². The van der Waals surface area contributed by atoms with Gasteiger partial charge in [-0.05, 0) is 32.0 Å². The normalized spacial score (nSPS) is 18.4. The van der Waals surface area contributed by atoms with E-state index in [4.69, 9.17) is 10.00 Å². The molecule has 1 aliphatic rings. The quantitative estimate of drug-likeness (QED) is 0.915. The van der Waals surface area contributed by atoms with Gasteiger partial charge in [-0.3, -0.25) is 4.79 Å². The van der Waals surface area contributed by atoms with E-state index in [9.17, 15) is 9.18 Å². The summed E-state index contributed by atoms with van der Waals surface area (Å²) < 4.78 is 19.5. The van der Waals surface area contributed by atoms with Crippen LogP contribution in [0.1, 0.15) is 19.4 Å². The van der Waals surface area contributed by atoms with Crippen LogP contribution in [0, 0.1) is 17.1 Å². The lowest BCUT2D eigenvalue weighted by Crippen LogP contribution is -2.55. The Morgan fingerprint density at radius 1 is 1.57 bits per heavy atom. The highest BCUT2D eigenvalue weighted by molar-refractivity contribution is 5.86. The van der Waals surface area contributed by atoms with Crippen molar-refractivity contribution >= 4 is 11.6 Å². The van der Waals surface area contributed by atoms with Crippen molar-refractivity contribution in [3.8, 4) is 6.07 Å². The Hall–Kier alpha value is -2.13. The Balaban J connectivity index is 2.26. The molecule has 0 spiro atoms. The molecule has 1 aromatic carbocycles. The minimum absolute atomic E-state index is 0.00656. The summed E-state index contributed by atoms with van der Waals surface area (Å²) >= 11 is 0. The zero-order valence-corrected chi connectivity index (χ0v) is 12.1. The SMILES string of the molecule is CC(C)NC(=O)C1COCCN1c1ccc(C#N)cc1F. The molecular formula is C15H18FN3O2. The second kappa shape index (κ2) is 6.55. The number of carbonyl (C=O) groups is 1. The lowest BCUT2D eigenvalue weighted by Gasteiger charge is -2.36. The number of nitriles is 1. The number of hydrogen-bond donors (Lipinski definition) is 1. The number of rotatable bonds is 3. The molecule has 1 atom stereocenters. The molecular weight excluding hydrogens is 273 g/mol. The summed E-state index contributed by atoms with van der Waals surface area (Å²) in [4.78, 5) is 13.9. The van der Waals surface area contributed by atoms with Crippen molar-refractivity contribution in [3.63, 3.8) is 0 Å². The number of nitrogens with zero attached hydrogens (tertiary/aromatic N) is 2. The molecule has 0 bridgehead atoms. The Morgan fingerprint density at radius 3 is 2.95 bits per heavy atom. The van der Waals surface area contributed by atoms with Crippen molar-refractivity contribution in [2.45, 2.75) is 25.9 Å². The second-order valence-corrected chi connectivity index (χ2v) is 5.23. The van der Waals surface area contributed by atoms with Gasteiger partial charge in [0, 0.05) is 12.6 Å². The predicted molar refractivity (Wildman–Crippen MR) is 76.3 cm³/mol. The molecule has 1 N–H and O–H groups in total. The highest BCUT2D eigenvalue weighted by Gasteiger charge is 2.31. The number of ether oxygens (including phenoxy) is 1. The highest BCUT2D eigenvalue weighted by atomic mass is 19.1. The average Bonchev–Trinajstić information content (AvgIpc) is 2.46. The molecule has 2 rings (SSSR count). The third-order valence-electron chi connectivity index (χ3n) is 3.25. The standard InChI is InChI=1S/C15H18FN3O2/c1-10(2)18-15(20)14-9-21-6-5-19(14)13-4-3-11(8-17)7-12(13)16/h3-4,7,10,14H,5-6,9H2,1-2H3,(H,18,20). The number of nitrogens with one attached hydrogen (secondary N) is 1. The summed E-state index contributed by atoms with van der Waals surface area (Å²) in [6.45, 7) is 4.82. The molecule has 1 amide bonds. The Labute approximate surface area is 123 Å². The molecule has 1 aromatic rings. The van der Waals surface area contributed by atoms with E-state index in [2.05, 4.69) is 5.32 Å². The molecule has 1 heterocycles. The smallest absolute Gasteiger partial charge is 0.245 e. The number of carbonyl (C=O) groups excluding carboxylic acids is 1. The average molecular weight is 291 g/mol. The maximum absolute atomic E-state index is 14.2. The lowest BCUT2D eigenvalue weighted by molar-refractivity contribution is -0.125. The summed E-state index contributed by atoms with van der Waals surface area (Å²) in [5, 5.41) is 11.6. The first-order valence-corrected chi connectivity index (χ1v) is 6.87. The molecule has 0 aliphatic carbocycles. The van der Waals surface area contributed by atoms with Crippen LogP contribution in [-0.4, -0.2) is 37.7 Å². The molecule has 6 heteroatoms. The van der Waals surface area contributed by atoms with Gasteiger partial charge in [-0.15, -0.1) is 0 Å². The van der Waals surface area contributed by atoms with Crippen LogP contribution in [0.3, 0.4) is 0 Å². The van der Waals surface area contributed by atoms with E-state index >= 15 is 0 Å². The zero-order chi connectivity index (χ0) is 15.4. The number of benzene rings is 1. The fourth-order valence-corrected chi connectivity index (χ4v) is 2.30. The number of hydrogen-bond acceptors (Lipinski definition) is 4. The van der Waals surface area contributed by atoms with Gasteiger partial charge >= 0.3 is 0 Å². The van der Waals surface area contributed by atoms with Gasteiger partial charge in [0.05, 0.1) is 30.5 Å². The Morgan fingerprint density at radius 2 is 2.33 bits per heavy atom. The van der Waals surface area contributed by atoms with E-state index in [1.807, 2.05) is 19.9 Å². The molecule has 0 aromatic heterocycles. The van der Waals surface area contributed by atoms with Gasteiger partial charge < -0.3 is 15.0 Å². The van der Waals surface area contributed by atoms with Crippen LogP contribution in [0.15, 0.2) is 18.2 Å². The molecule has 1 saturated heterocycles. The number of morpholine rings is 1. The summed E-state index contributed by atoms with van der Waals surface area (Å²) in [6, 6.07) is 5.60. The number of halogens is 1. The summed E-state index contributed by atoms with van der Waals surface area (Å²) in [5.74, 6) is -0.688. The van der Waals surface area contributed by atoms with Crippen LogP contribution in [-0.2, 0) is 9.53 Å². The van der Waals surface area contributed by atoms with Crippen molar-refractivity contribution in [2.24, 2.45) is 0 Å². The maximum atomic E-state index is 14.2. The molecule has 1 fully saturated rings. The van der Waals surface area contributed by atoms with Gasteiger partial charge in [0.15, 0.2) is 0 Å². The minimum Gasteiger partial charge on any atom is -0.377 e. The van der Waals surface area contributed by atoms with E-state index in [-0.39, 0.29) is 24.1 Å². The molecule has 0 radical (unpaired) electrons. The first-order chi connectivity index (χ1) is 10.0. The van der Waals surface area contributed by atoms with Crippen molar-refractivity contribution in [3.05, 3.63) is 29.6 Å². The summed E-state index contributed by atoms with van der Waals surface area (Å²) in [7, 11) is 0. The molecule has 1 aliphatic heterocycles. The van der Waals surface area contributed by atoms with Crippen LogP contribution in [0.4, 0.5) is 10.1 Å². The molecule has 1 unspecified atom stereocenters. The van der Waals surface area contributed by atoms with Gasteiger partial charge in [-0.1, -0.05) is 0 Å². The van der Waals surface area contributed by atoms with Crippen LogP contribution < -0.4 is 10.2 Å². The third kappa shape index (κ3) is 3.50. The molecule has 112 valence electrons. The van der Waals surface area contributed by atoms with Crippen LogP contribution in [0.25, 0.3) is 0 Å². The van der Waals surface area contributed by atoms with Crippen molar-refractivity contribution in [1.82, 2.24) is 5.32 Å². The maximum Gasteiger partial charge on any atom is 0.245 e. The second-order valence-electron chi connectivity index (χ2n) is 5.23. The molecule has 0 saturated carbocycles. The predicted octanol–water partition coefficient (Wildman–Crippen LogP) is 1.43. The fourth-order valence-electron chi connectivity index (χ4n) is 2.30. The van der Waals surface area contributed by atoms with Crippen molar-refractivity contribution in [1.29, 1.82) is 5.26 Å². The van der Waals surface area contributed by atoms with Gasteiger partial charge in [-0.2, -0.15) is 5.26 Å². The van der Waals surface area contributed by atoms with Gasteiger partial charge in [-0.25, -0.2) is 4.39 Å². The molecule has 21 heavy (non-hydrogen) atoms. The van der Waals surface area contributed by atoms with E-state index in [1.165, 1.54) is 12.1 Å². The van der Waals surface area contributed by atoms with Crippen LogP contribution >= 0.6 is 0 Å². The first-order valence-electron chi connectivity index (χ1n) is 6.87. The zero-order valence-electron chi connectivity index (χ0n) is 12.1. The fraction of sp³-hybridized carbons (Fsp3) is 0.467. The highest BCUT2D eigenvalue weighted by Crippen LogP contribution is 2.24. The van der Waals surface area contributed by atoms with Crippen molar-refractivity contribution < 1.29 is 13.9 Å². The third-order valence-corrected chi connectivity index (χ3v) is 3.25. The van der Waals surface area contributed by atoms with Crippen molar-refractivity contribution in [2.75, 3.05) is 24.7 Å². The summed E-state index contributed by atoms with van der Waals surface area (Å²) in [6.07, 6.45) is 0. The van der Waals surface area contributed by atoms with Crippen LogP contribution in [0.2, 0.25) is 0 Å². The van der Waals surface area contributed by atoms with E-state index in [0.717, 1.165) is 0 Å². The lowest BCUT2D eigenvalue weighted by atomic mass is 10.1.